The summed E-state index contributed by atoms with van der Waals surface area (Å²) in [5.41, 5.74) is 2.56. The first-order chi connectivity index (χ1) is 20.9. The molecule has 4 atom stereocenters. The van der Waals surface area contributed by atoms with E-state index >= 15 is 0 Å². The zero-order chi connectivity index (χ0) is 31.9. The van der Waals surface area contributed by atoms with Crippen LogP contribution in [0.25, 0.3) is 0 Å². The molecule has 0 bridgehead atoms. The van der Waals surface area contributed by atoms with Crippen molar-refractivity contribution in [2.75, 3.05) is 55.4 Å². The van der Waals surface area contributed by atoms with Gasteiger partial charge < -0.3 is 31.1 Å². The van der Waals surface area contributed by atoms with E-state index in [9.17, 15) is 37.3 Å². The molecule has 2 aliphatic rings. The van der Waals surface area contributed by atoms with Crippen LogP contribution in [0.5, 0.6) is 0 Å². The van der Waals surface area contributed by atoms with E-state index in [4.69, 9.17) is 0 Å². The number of anilines is 2. The third-order valence-electron chi connectivity index (χ3n) is 7.83. The van der Waals surface area contributed by atoms with Crippen molar-refractivity contribution in [1.82, 2.24) is 18.8 Å². The summed E-state index contributed by atoms with van der Waals surface area (Å²) in [6.07, 6.45) is -1.09. The normalized spacial score (nSPS) is 22.7. The van der Waals surface area contributed by atoms with Gasteiger partial charge in [-0.1, -0.05) is 36.4 Å². The lowest BCUT2D eigenvalue weighted by Gasteiger charge is -2.38. The lowest BCUT2D eigenvalue weighted by Crippen LogP contribution is -2.48. The highest BCUT2D eigenvalue weighted by Crippen LogP contribution is 2.33. The van der Waals surface area contributed by atoms with E-state index in [-0.39, 0.29) is 31.9 Å². The van der Waals surface area contributed by atoms with E-state index < -0.39 is 45.2 Å². The smallest absolute Gasteiger partial charge is 0.211 e. The van der Waals surface area contributed by atoms with Crippen LogP contribution in [0.3, 0.4) is 0 Å². The first kappa shape index (κ1) is 34.5. The Balaban J connectivity index is 1.13. The standard InChI is InChI=1S/C28H44N6O8S2/c1-43(39,40)32(17-10-19-34-26(36)22-12-3-5-14-24(22)31-28(34)38)16-7-6-15-29-44(41,42)20-9-8-18-33-25(35)21-11-2-4-13-23(21)30-27(33)37/h2-5,11-14,25-31,35-38H,6-10,15-20H2,1H3. The Kier molecular flexibility index (Phi) is 12.0. The number of nitrogens with one attached hydrogen (secondary N) is 3. The molecule has 2 aromatic rings. The lowest BCUT2D eigenvalue weighted by molar-refractivity contribution is -0.0986. The number of aliphatic hydroxyl groups is 4. The van der Waals surface area contributed by atoms with Crippen LogP contribution in [0.2, 0.25) is 0 Å². The largest absolute Gasteiger partial charge is 0.374 e. The minimum atomic E-state index is -3.55. The van der Waals surface area contributed by atoms with Gasteiger partial charge in [-0.2, -0.15) is 0 Å². The number of hydrogen-bond donors (Lipinski definition) is 7. The molecule has 0 radical (unpaired) electrons. The molecule has 0 spiro atoms. The van der Waals surface area contributed by atoms with Gasteiger partial charge in [0.2, 0.25) is 20.0 Å². The number of para-hydroxylation sites is 2. The van der Waals surface area contributed by atoms with Gasteiger partial charge in [0.15, 0.2) is 12.7 Å². The number of fused-ring (bicyclic) bond motifs is 2. The highest BCUT2D eigenvalue weighted by molar-refractivity contribution is 7.89. The maximum Gasteiger partial charge on any atom is 0.211 e. The fourth-order valence-electron chi connectivity index (χ4n) is 5.44. The first-order valence-corrected chi connectivity index (χ1v) is 18.2. The summed E-state index contributed by atoms with van der Waals surface area (Å²) < 4.78 is 53.5. The van der Waals surface area contributed by atoms with Crippen molar-refractivity contribution in [2.45, 2.75) is 57.3 Å². The van der Waals surface area contributed by atoms with Crippen LogP contribution >= 0.6 is 0 Å². The van der Waals surface area contributed by atoms with Crippen molar-refractivity contribution < 1.29 is 37.3 Å². The second-order valence-electron chi connectivity index (χ2n) is 11.1. The maximum atomic E-state index is 12.5. The average molecular weight is 657 g/mol. The highest BCUT2D eigenvalue weighted by Gasteiger charge is 2.32. The Bertz CT molecular complexity index is 1450. The van der Waals surface area contributed by atoms with Crippen LogP contribution in [0.15, 0.2) is 48.5 Å². The molecular weight excluding hydrogens is 612 g/mol. The van der Waals surface area contributed by atoms with Crippen LogP contribution in [0.1, 0.15) is 55.7 Å². The number of nitrogens with zero attached hydrogens (tertiary/aromatic N) is 3. The molecule has 4 rings (SSSR count). The lowest BCUT2D eigenvalue weighted by atomic mass is 10.1. The molecule has 0 aliphatic carbocycles. The van der Waals surface area contributed by atoms with Gasteiger partial charge in [-0.25, -0.2) is 35.7 Å². The predicted octanol–water partition coefficient (Wildman–Crippen LogP) is 0.507. The molecule has 2 aromatic carbocycles. The number of hydrogen-bond acceptors (Lipinski definition) is 12. The summed E-state index contributed by atoms with van der Waals surface area (Å²) >= 11 is 0. The van der Waals surface area contributed by atoms with Crippen LogP contribution in [-0.2, 0) is 20.0 Å². The van der Waals surface area contributed by atoms with Crippen molar-refractivity contribution in [3.63, 3.8) is 0 Å². The van der Waals surface area contributed by atoms with E-state index in [2.05, 4.69) is 15.4 Å². The van der Waals surface area contributed by atoms with E-state index in [0.717, 1.165) is 6.26 Å². The Morgan fingerprint density at radius 3 is 1.77 bits per heavy atom. The molecule has 44 heavy (non-hydrogen) atoms. The summed E-state index contributed by atoms with van der Waals surface area (Å²) in [6, 6.07) is 14.2. The Morgan fingerprint density at radius 1 is 0.727 bits per heavy atom. The zero-order valence-electron chi connectivity index (χ0n) is 24.8. The molecule has 14 nitrogen and oxygen atoms in total. The van der Waals surface area contributed by atoms with Gasteiger partial charge in [-0.05, 0) is 44.2 Å². The van der Waals surface area contributed by atoms with Crippen molar-refractivity contribution in [2.24, 2.45) is 0 Å². The summed E-state index contributed by atoms with van der Waals surface area (Å²) in [5.74, 6) is -0.111. The van der Waals surface area contributed by atoms with Crippen LogP contribution < -0.4 is 15.4 Å². The summed E-state index contributed by atoms with van der Waals surface area (Å²) in [6.45, 7) is 1.10. The Labute approximate surface area is 259 Å². The summed E-state index contributed by atoms with van der Waals surface area (Å²) in [5, 5.41) is 47.8. The molecule has 16 heteroatoms. The van der Waals surface area contributed by atoms with Gasteiger partial charge in [-0.15, -0.1) is 0 Å². The second kappa shape index (κ2) is 15.3. The van der Waals surface area contributed by atoms with Crippen LogP contribution in [0.4, 0.5) is 11.4 Å². The highest BCUT2D eigenvalue weighted by atomic mass is 32.2. The van der Waals surface area contributed by atoms with Crippen molar-refractivity contribution in [1.29, 1.82) is 0 Å². The van der Waals surface area contributed by atoms with E-state index in [1.165, 1.54) is 14.1 Å². The molecule has 0 saturated heterocycles. The first-order valence-electron chi connectivity index (χ1n) is 14.7. The molecule has 7 N–H and O–H groups in total. The Morgan fingerprint density at radius 2 is 1.23 bits per heavy atom. The monoisotopic (exact) mass is 656 g/mol. The van der Waals surface area contributed by atoms with Crippen molar-refractivity contribution >= 4 is 31.4 Å². The van der Waals surface area contributed by atoms with Gasteiger partial charge in [0.1, 0.15) is 12.5 Å². The Hall–Kier alpha value is -2.38. The SMILES string of the molecule is CS(=O)(=O)N(CCCCNS(=O)(=O)CCCCN1C(O)Nc2ccccc2C1O)CCCN1C(O)Nc2ccccc2C1O. The van der Waals surface area contributed by atoms with Gasteiger partial charge in [0.25, 0.3) is 0 Å². The summed E-state index contributed by atoms with van der Waals surface area (Å²) in [4.78, 5) is 2.91. The van der Waals surface area contributed by atoms with Crippen molar-refractivity contribution in [3.8, 4) is 0 Å². The minimum absolute atomic E-state index is 0.111. The van der Waals surface area contributed by atoms with Gasteiger partial charge in [0, 0.05) is 55.2 Å². The maximum absolute atomic E-state index is 12.5. The van der Waals surface area contributed by atoms with Gasteiger partial charge in [-0.3, -0.25) is 0 Å². The molecule has 0 aromatic heterocycles. The molecule has 0 fully saturated rings. The third-order valence-corrected chi connectivity index (χ3v) is 10.6. The third kappa shape index (κ3) is 9.09. The van der Waals surface area contributed by atoms with E-state index in [0.29, 0.717) is 61.2 Å². The molecule has 2 aliphatic heterocycles. The van der Waals surface area contributed by atoms with Gasteiger partial charge >= 0.3 is 0 Å². The fourth-order valence-corrected chi connectivity index (χ4v) is 7.54. The number of aliphatic hydroxyl groups excluding tert-OH is 4. The quantitative estimate of drug-likeness (QED) is 0.124. The molecule has 2 heterocycles. The summed E-state index contributed by atoms with van der Waals surface area (Å²) in [7, 11) is -7.06. The van der Waals surface area contributed by atoms with Crippen LogP contribution in [0, 0.1) is 0 Å². The number of unbranched alkanes of at least 4 members (excludes halogenated alkanes) is 2. The predicted molar refractivity (Wildman–Crippen MR) is 167 cm³/mol. The molecule has 0 amide bonds. The second-order valence-corrected chi connectivity index (χ2v) is 15.0. The molecule has 246 valence electrons. The molecule has 0 saturated carbocycles. The van der Waals surface area contributed by atoms with Gasteiger partial charge in [0.05, 0.1) is 12.0 Å². The number of benzene rings is 2. The van der Waals surface area contributed by atoms with E-state index in [1.807, 2.05) is 0 Å². The fraction of sp³-hybridized carbons (Fsp3) is 0.571. The minimum Gasteiger partial charge on any atom is -0.374 e. The zero-order valence-corrected chi connectivity index (χ0v) is 26.4. The molecule has 4 unspecified atom stereocenters. The van der Waals surface area contributed by atoms with E-state index in [1.54, 1.807) is 48.5 Å². The van der Waals surface area contributed by atoms with Crippen molar-refractivity contribution in [3.05, 3.63) is 59.7 Å². The molecular formula is C28H44N6O8S2. The average Bonchev–Trinajstić information content (AvgIpc) is 2.96. The van der Waals surface area contributed by atoms with Crippen LogP contribution in [-0.4, -0.2) is 109 Å². The topological polar surface area (TPSA) is 195 Å². The number of rotatable bonds is 16. The number of sulfonamides is 2.